The summed E-state index contributed by atoms with van der Waals surface area (Å²) in [5.74, 6) is 0.736. The molecular formula is C21H26ClN3O2S. The standard InChI is InChI=1S/C21H25N3O2S.ClH/c1-5-26-17-11-8-12-18-19(17)22-21(27-18)24(14-13-23(3)4)20(25)16-10-7-6-9-15(16)2;/h6-12H,5,13-14H2,1-4H3;1H. The molecule has 0 N–H and O–H groups in total. The fourth-order valence-corrected chi connectivity index (χ4v) is 3.85. The lowest BCUT2D eigenvalue weighted by molar-refractivity contribution is 0.0984. The predicted molar refractivity (Wildman–Crippen MR) is 119 cm³/mol. The number of fused-ring (bicyclic) bond motifs is 1. The van der Waals surface area contributed by atoms with Crippen molar-refractivity contribution in [2.24, 2.45) is 0 Å². The van der Waals surface area contributed by atoms with Gasteiger partial charge < -0.3 is 9.64 Å². The number of nitrogens with zero attached hydrogens (tertiary/aromatic N) is 3. The molecule has 0 radical (unpaired) electrons. The molecule has 1 aromatic heterocycles. The molecule has 0 fully saturated rings. The highest BCUT2D eigenvalue weighted by molar-refractivity contribution is 7.22. The second-order valence-electron chi connectivity index (χ2n) is 6.61. The first-order valence-electron chi connectivity index (χ1n) is 9.05. The largest absolute Gasteiger partial charge is 0.492 e. The third kappa shape index (κ3) is 4.82. The number of carbonyl (C=O) groups excluding carboxylic acids is 1. The number of likely N-dealkylation sites (N-methyl/N-ethyl adjacent to an activating group) is 1. The van der Waals surface area contributed by atoms with Crippen molar-refractivity contribution in [1.82, 2.24) is 9.88 Å². The smallest absolute Gasteiger partial charge is 0.260 e. The van der Waals surface area contributed by atoms with Gasteiger partial charge in [-0.25, -0.2) is 4.98 Å². The quantitative estimate of drug-likeness (QED) is 0.560. The molecule has 28 heavy (non-hydrogen) atoms. The van der Waals surface area contributed by atoms with E-state index in [1.807, 2.05) is 70.4 Å². The van der Waals surface area contributed by atoms with Gasteiger partial charge in [0.25, 0.3) is 5.91 Å². The Morgan fingerprint density at radius 2 is 1.86 bits per heavy atom. The van der Waals surface area contributed by atoms with E-state index in [0.717, 1.165) is 28.1 Å². The minimum Gasteiger partial charge on any atom is -0.492 e. The Labute approximate surface area is 176 Å². The van der Waals surface area contributed by atoms with Crippen LogP contribution in [0.5, 0.6) is 5.75 Å². The summed E-state index contributed by atoms with van der Waals surface area (Å²) in [6.45, 7) is 5.83. The van der Waals surface area contributed by atoms with Crippen molar-refractivity contribution in [2.75, 3.05) is 38.7 Å². The average Bonchev–Trinajstić information content (AvgIpc) is 3.07. The molecule has 0 atom stereocenters. The van der Waals surface area contributed by atoms with Crippen LogP contribution in [-0.4, -0.2) is 49.6 Å². The number of ether oxygens (including phenoxy) is 1. The number of hydrogen-bond acceptors (Lipinski definition) is 5. The second-order valence-corrected chi connectivity index (χ2v) is 7.62. The van der Waals surface area contributed by atoms with Gasteiger partial charge in [-0.15, -0.1) is 12.4 Å². The minimum absolute atomic E-state index is 0. The van der Waals surface area contributed by atoms with Crippen molar-refractivity contribution < 1.29 is 9.53 Å². The van der Waals surface area contributed by atoms with E-state index in [0.29, 0.717) is 23.8 Å². The molecule has 2 aromatic carbocycles. The van der Waals surface area contributed by atoms with E-state index >= 15 is 0 Å². The van der Waals surface area contributed by atoms with Crippen LogP contribution < -0.4 is 9.64 Å². The number of hydrogen-bond donors (Lipinski definition) is 0. The molecule has 5 nitrogen and oxygen atoms in total. The number of carbonyl (C=O) groups is 1. The number of halogens is 1. The Hall–Kier alpha value is -2.15. The lowest BCUT2D eigenvalue weighted by atomic mass is 10.1. The number of aryl methyl sites for hydroxylation is 1. The number of anilines is 1. The molecule has 0 bridgehead atoms. The maximum Gasteiger partial charge on any atom is 0.260 e. The Kier molecular flexibility index (Phi) is 7.80. The first kappa shape index (κ1) is 22.1. The zero-order valence-electron chi connectivity index (χ0n) is 16.6. The molecule has 1 heterocycles. The van der Waals surface area contributed by atoms with E-state index in [1.165, 1.54) is 11.3 Å². The van der Waals surface area contributed by atoms with E-state index < -0.39 is 0 Å². The molecule has 0 spiro atoms. The zero-order valence-corrected chi connectivity index (χ0v) is 18.3. The summed E-state index contributed by atoms with van der Waals surface area (Å²) in [4.78, 5) is 21.9. The van der Waals surface area contributed by atoms with Crippen molar-refractivity contribution in [3.63, 3.8) is 0 Å². The number of aromatic nitrogens is 1. The van der Waals surface area contributed by atoms with Crippen molar-refractivity contribution in [3.05, 3.63) is 53.6 Å². The normalized spacial score (nSPS) is 10.8. The molecule has 7 heteroatoms. The van der Waals surface area contributed by atoms with Crippen LogP contribution in [0.1, 0.15) is 22.8 Å². The van der Waals surface area contributed by atoms with Gasteiger partial charge in [0.15, 0.2) is 5.13 Å². The van der Waals surface area contributed by atoms with Crippen LogP contribution >= 0.6 is 23.7 Å². The van der Waals surface area contributed by atoms with E-state index in [-0.39, 0.29) is 18.3 Å². The first-order valence-corrected chi connectivity index (χ1v) is 9.87. The third-order valence-corrected chi connectivity index (χ3v) is 5.34. The van der Waals surface area contributed by atoms with Gasteiger partial charge in [-0.3, -0.25) is 9.69 Å². The lowest BCUT2D eigenvalue weighted by Gasteiger charge is -2.22. The number of thiazole rings is 1. The number of rotatable bonds is 7. The molecule has 0 aliphatic carbocycles. The summed E-state index contributed by atoms with van der Waals surface area (Å²) < 4.78 is 6.72. The van der Waals surface area contributed by atoms with Gasteiger partial charge in [-0.05, 0) is 51.7 Å². The molecule has 3 aromatic rings. The second kappa shape index (κ2) is 9.87. The maximum atomic E-state index is 13.3. The first-order chi connectivity index (χ1) is 13.0. The van der Waals surface area contributed by atoms with E-state index in [2.05, 4.69) is 4.90 Å². The molecule has 0 aliphatic heterocycles. The van der Waals surface area contributed by atoms with Gasteiger partial charge in [0.05, 0.1) is 11.3 Å². The van der Waals surface area contributed by atoms with Gasteiger partial charge >= 0.3 is 0 Å². The van der Waals surface area contributed by atoms with Crippen LogP contribution in [0.2, 0.25) is 0 Å². The molecule has 150 valence electrons. The summed E-state index contributed by atoms with van der Waals surface area (Å²) in [5, 5.41) is 0.701. The highest BCUT2D eigenvalue weighted by Crippen LogP contribution is 2.34. The molecule has 0 unspecified atom stereocenters. The number of para-hydroxylation sites is 1. The van der Waals surface area contributed by atoms with Crippen molar-refractivity contribution in [1.29, 1.82) is 0 Å². The Balaban J connectivity index is 0.00000280. The lowest BCUT2D eigenvalue weighted by Crippen LogP contribution is -2.37. The molecule has 1 amide bonds. The van der Waals surface area contributed by atoms with E-state index in [1.54, 1.807) is 4.90 Å². The fourth-order valence-electron chi connectivity index (χ4n) is 2.84. The van der Waals surface area contributed by atoms with Crippen molar-refractivity contribution in [3.8, 4) is 5.75 Å². The molecular weight excluding hydrogens is 394 g/mol. The number of benzene rings is 2. The Morgan fingerprint density at radius 1 is 1.11 bits per heavy atom. The minimum atomic E-state index is -0.0213. The predicted octanol–water partition coefficient (Wildman–Crippen LogP) is 4.63. The summed E-state index contributed by atoms with van der Waals surface area (Å²) in [5.41, 5.74) is 2.49. The Bertz CT molecular complexity index is 942. The van der Waals surface area contributed by atoms with Crippen LogP contribution in [0.15, 0.2) is 42.5 Å². The highest BCUT2D eigenvalue weighted by atomic mass is 35.5. The summed E-state index contributed by atoms with van der Waals surface area (Å²) in [6.07, 6.45) is 0. The van der Waals surface area contributed by atoms with Crippen molar-refractivity contribution in [2.45, 2.75) is 13.8 Å². The van der Waals surface area contributed by atoms with E-state index in [4.69, 9.17) is 9.72 Å². The molecule has 0 aliphatic rings. The Morgan fingerprint density at radius 3 is 2.54 bits per heavy atom. The zero-order chi connectivity index (χ0) is 19.4. The van der Waals surface area contributed by atoms with Gasteiger partial charge in [-0.2, -0.15) is 0 Å². The summed E-state index contributed by atoms with van der Waals surface area (Å²) >= 11 is 1.52. The van der Waals surface area contributed by atoms with E-state index in [9.17, 15) is 4.79 Å². The van der Waals surface area contributed by atoms with Crippen LogP contribution in [0.3, 0.4) is 0 Å². The van der Waals surface area contributed by atoms with Crippen molar-refractivity contribution >= 4 is 45.0 Å². The van der Waals surface area contributed by atoms with Crippen LogP contribution in [0.25, 0.3) is 10.2 Å². The van der Waals surface area contributed by atoms with Gasteiger partial charge in [0.1, 0.15) is 11.3 Å². The summed E-state index contributed by atoms with van der Waals surface area (Å²) in [6, 6.07) is 13.6. The van der Waals surface area contributed by atoms with Crippen LogP contribution in [0.4, 0.5) is 5.13 Å². The third-order valence-electron chi connectivity index (χ3n) is 4.29. The van der Waals surface area contributed by atoms with Gasteiger partial charge in [-0.1, -0.05) is 35.6 Å². The molecule has 0 saturated carbocycles. The van der Waals surface area contributed by atoms with Gasteiger partial charge in [0.2, 0.25) is 0 Å². The summed E-state index contributed by atoms with van der Waals surface area (Å²) in [7, 11) is 4.00. The average molecular weight is 420 g/mol. The highest BCUT2D eigenvalue weighted by Gasteiger charge is 2.23. The van der Waals surface area contributed by atoms with Gasteiger partial charge in [0, 0.05) is 18.7 Å². The topological polar surface area (TPSA) is 45.7 Å². The monoisotopic (exact) mass is 419 g/mol. The molecule has 3 rings (SSSR count). The molecule has 0 saturated heterocycles. The maximum absolute atomic E-state index is 13.3. The fraction of sp³-hybridized carbons (Fsp3) is 0.333. The van der Waals surface area contributed by atoms with Crippen LogP contribution in [-0.2, 0) is 0 Å². The SMILES string of the molecule is CCOc1cccc2sc(N(CCN(C)C)C(=O)c3ccccc3C)nc12.Cl. The van der Waals surface area contributed by atoms with Crippen LogP contribution in [0, 0.1) is 6.92 Å². The number of amides is 1.